The fraction of sp³-hybridized carbons (Fsp3) is 0.154. The van der Waals surface area contributed by atoms with Crippen molar-refractivity contribution >= 4 is 11.6 Å². The lowest BCUT2D eigenvalue weighted by Crippen LogP contribution is -2.05. The molecule has 0 atom stereocenters. The van der Waals surface area contributed by atoms with Crippen molar-refractivity contribution < 1.29 is 0 Å². The topological polar surface area (TPSA) is 24.9 Å². The first-order valence-corrected chi connectivity index (χ1v) is 5.52. The van der Waals surface area contributed by atoms with E-state index >= 15 is 0 Å². The molecule has 0 unspecified atom stereocenters. The van der Waals surface area contributed by atoms with Gasteiger partial charge in [-0.05, 0) is 36.4 Å². The third-order valence-electron chi connectivity index (χ3n) is 2.35. The first-order chi connectivity index (χ1) is 7.79. The predicted octanol–water partition coefficient (Wildman–Crippen LogP) is 3.12. The number of benzene rings is 1. The van der Waals surface area contributed by atoms with Gasteiger partial charge in [0.2, 0.25) is 0 Å². The number of rotatable bonds is 3. The van der Waals surface area contributed by atoms with Gasteiger partial charge < -0.3 is 5.32 Å². The lowest BCUT2D eigenvalue weighted by atomic mass is 10.1. The van der Waals surface area contributed by atoms with E-state index in [-0.39, 0.29) is 0 Å². The van der Waals surface area contributed by atoms with E-state index in [4.69, 9.17) is 11.6 Å². The maximum absolute atomic E-state index is 5.85. The molecule has 0 radical (unpaired) electrons. The number of nitrogens with zero attached hydrogens (tertiary/aromatic N) is 1. The highest BCUT2D eigenvalue weighted by molar-refractivity contribution is 6.30. The first kappa shape index (κ1) is 11.1. The highest BCUT2D eigenvalue weighted by atomic mass is 35.5. The second kappa shape index (κ2) is 5.10. The van der Waals surface area contributed by atoms with Crippen molar-refractivity contribution in [2.75, 3.05) is 7.05 Å². The summed E-state index contributed by atoms with van der Waals surface area (Å²) < 4.78 is 0. The van der Waals surface area contributed by atoms with Gasteiger partial charge in [0.15, 0.2) is 0 Å². The summed E-state index contributed by atoms with van der Waals surface area (Å²) in [4.78, 5) is 4.23. The van der Waals surface area contributed by atoms with E-state index in [1.54, 1.807) is 0 Å². The summed E-state index contributed by atoms with van der Waals surface area (Å²) in [5.74, 6) is 0. The Balaban J connectivity index is 2.32. The zero-order chi connectivity index (χ0) is 11.4. The zero-order valence-corrected chi connectivity index (χ0v) is 9.83. The molecule has 1 heterocycles. The highest BCUT2D eigenvalue weighted by Crippen LogP contribution is 2.21. The van der Waals surface area contributed by atoms with Gasteiger partial charge in [-0.15, -0.1) is 0 Å². The van der Waals surface area contributed by atoms with Crippen molar-refractivity contribution in [2.45, 2.75) is 6.54 Å². The summed E-state index contributed by atoms with van der Waals surface area (Å²) in [6.07, 6.45) is 3.73. The maximum Gasteiger partial charge on any atom is 0.0406 e. The molecule has 0 fully saturated rings. The van der Waals surface area contributed by atoms with E-state index < -0.39 is 0 Å². The fourth-order valence-corrected chi connectivity index (χ4v) is 1.71. The smallest absolute Gasteiger partial charge is 0.0406 e. The summed E-state index contributed by atoms with van der Waals surface area (Å²) in [7, 11) is 1.93. The molecule has 82 valence electrons. The molecule has 1 aromatic carbocycles. The van der Waals surface area contributed by atoms with Crippen LogP contribution in [0.3, 0.4) is 0 Å². The number of halogens is 1. The van der Waals surface area contributed by atoms with Crippen molar-refractivity contribution in [3.05, 3.63) is 53.3 Å². The Morgan fingerprint density at radius 3 is 2.56 bits per heavy atom. The second-order valence-electron chi connectivity index (χ2n) is 3.62. The van der Waals surface area contributed by atoms with Gasteiger partial charge in [0, 0.05) is 29.5 Å². The summed E-state index contributed by atoms with van der Waals surface area (Å²) >= 11 is 5.85. The van der Waals surface area contributed by atoms with Crippen LogP contribution in [0.25, 0.3) is 11.1 Å². The summed E-state index contributed by atoms with van der Waals surface area (Å²) in [6.45, 7) is 0.828. The number of nitrogens with one attached hydrogen (secondary N) is 1. The molecule has 16 heavy (non-hydrogen) atoms. The van der Waals surface area contributed by atoms with E-state index in [2.05, 4.69) is 16.4 Å². The van der Waals surface area contributed by atoms with Crippen LogP contribution in [0.5, 0.6) is 0 Å². The largest absolute Gasteiger partial charge is 0.316 e. The quantitative estimate of drug-likeness (QED) is 0.880. The molecule has 1 aromatic heterocycles. The highest BCUT2D eigenvalue weighted by Gasteiger charge is 1.99. The van der Waals surface area contributed by atoms with Gasteiger partial charge in [0.05, 0.1) is 0 Å². The van der Waals surface area contributed by atoms with Crippen LogP contribution in [-0.4, -0.2) is 12.0 Å². The number of aromatic nitrogens is 1. The van der Waals surface area contributed by atoms with E-state index in [1.807, 2.05) is 43.7 Å². The molecule has 0 spiro atoms. The standard InChI is InChI=1S/C13H13ClN2/c1-15-7-10-6-12(9-16-8-10)11-2-4-13(14)5-3-11/h2-6,8-9,15H,7H2,1H3. The molecule has 2 aromatic rings. The predicted molar refractivity (Wildman–Crippen MR) is 67.4 cm³/mol. The van der Waals surface area contributed by atoms with Crippen LogP contribution in [0.15, 0.2) is 42.7 Å². The van der Waals surface area contributed by atoms with E-state index in [0.717, 1.165) is 22.7 Å². The summed E-state index contributed by atoms with van der Waals surface area (Å²) in [5, 5.41) is 3.86. The lowest BCUT2D eigenvalue weighted by molar-refractivity contribution is 0.813. The zero-order valence-electron chi connectivity index (χ0n) is 9.07. The van der Waals surface area contributed by atoms with Crippen molar-refractivity contribution in [2.24, 2.45) is 0 Å². The maximum atomic E-state index is 5.85. The lowest BCUT2D eigenvalue weighted by Gasteiger charge is -2.04. The molecule has 0 saturated heterocycles. The van der Waals surface area contributed by atoms with Crippen LogP contribution < -0.4 is 5.32 Å². The Morgan fingerprint density at radius 1 is 1.12 bits per heavy atom. The third-order valence-corrected chi connectivity index (χ3v) is 2.61. The minimum atomic E-state index is 0.753. The first-order valence-electron chi connectivity index (χ1n) is 5.14. The van der Waals surface area contributed by atoms with Crippen LogP contribution in [0.4, 0.5) is 0 Å². The van der Waals surface area contributed by atoms with Gasteiger partial charge in [0.1, 0.15) is 0 Å². The van der Waals surface area contributed by atoms with Crippen LogP contribution >= 0.6 is 11.6 Å². The third kappa shape index (κ3) is 2.60. The van der Waals surface area contributed by atoms with Crippen LogP contribution in [-0.2, 0) is 6.54 Å². The molecule has 0 aliphatic rings. The van der Waals surface area contributed by atoms with Gasteiger partial charge in [-0.2, -0.15) is 0 Å². The van der Waals surface area contributed by atoms with E-state index in [0.29, 0.717) is 0 Å². The minimum Gasteiger partial charge on any atom is -0.316 e. The summed E-state index contributed by atoms with van der Waals surface area (Å²) in [6, 6.07) is 9.92. The molecule has 2 nitrogen and oxygen atoms in total. The van der Waals surface area contributed by atoms with Crippen molar-refractivity contribution in [1.82, 2.24) is 10.3 Å². The molecule has 0 aliphatic heterocycles. The normalized spacial score (nSPS) is 10.4. The fourth-order valence-electron chi connectivity index (χ4n) is 1.59. The Labute approximate surface area is 100 Å². The van der Waals surface area contributed by atoms with Crippen molar-refractivity contribution in [1.29, 1.82) is 0 Å². The molecular formula is C13H13ClN2. The van der Waals surface area contributed by atoms with Crippen LogP contribution in [0, 0.1) is 0 Å². The molecule has 1 N–H and O–H groups in total. The van der Waals surface area contributed by atoms with Gasteiger partial charge in [-0.25, -0.2) is 0 Å². The summed E-state index contributed by atoms with van der Waals surface area (Å²) in [5.41, 5.74) is 3.43. The van der Waals surface area contributed by atoms with Crippen molar-refractivity contribution in [3.8, 4) is 11.1 Å². The number of pyridine rings is 1. The Morgan fingerprint density at radius 2 is 1.88 bits per heavy atom. The van der Waals surface area contributed by atoms with E-state index in [1.165, 1.54) is 5.56 Å². The van der Waals surface area contributed by atoms with Crippen LogP contribution in [0.1, 0.15) is 5.56 Å². The Kier molecular flexibility index (Phi) is 3.54. The second-order valence-corrected chi connectivity index (χ2v) is 4.06. The monoisotopic (exact) mass is 232 g/mol. The molecular weight excluding hydrogens is 220 g/mol. The molecule has 2 rings (SSSR count). The average Bonchev–Trinajstić information content (AvgIpc) is 2.31. The van der Waals surface area contributed by atoms with Gasteiger partial charge in [-0.1, -0.05) is 23.7 Å². The van der Waals surface area contributed by atoms with Gasteiger partial charge in [0.25, 0.3) is 0 Å². The average molecular weight is 233 g/mol. The molecule has 0 bridgehead atoms. The van der Waals surface area contributed by atoms with Gasteiger partial charge >= 0.3 is 0 Å². The molecule has 0 aliphatic carbocycles. The molecule has 3 heteroatoms. The molecule has 0 amide bonds. The Hall–Kier alpha value is -1.38. The molecule has 0 saturated carbocycles. The van der Waals surface area contributed by atoms with Crippen molar-refractivity contribution in [3.63, 3.8) is 0 Å². The van der Waals surface area contributed by atoms with Crippen LogP contribution in [0.2, 0.25) is 5.02 Å². The van der Waals surface area contributed by atoms with E-state index in [9.17, 15) is 0 Å². The number of hydrogen-bond acceptors (Lipinski definition) is 2. The van der Waals surface area contributed by atoms with Gasteiger partial charge in [-0.3, -0.25) is 4.98 Å². The number of hydrogen-bond donors (Lipinski definition) is 1. The minimum absolute atomic E-state index is 0.753. The SMILES string of the molecule is CNCc1cncc(-c2ccc(Cl)cc2)c1. The Bertz CT molecular complexity index is 466.